The highest BCUT2D eigenvalue weighted by molar-refractivity contribution is 6.08. The predicted octanol–water partition coefficient (Wildman–Crippen LogP) is 4.86. The molecule has 31 heavy (non-hydrogen) atoms. The Morgan fingerprint density at radius 3 is 2.13 bits per heavy atom. The molecule has 0 saturated heterocycles. The number of carbonyl (C=O) groups excluding carboxylic acids is 3. The lowest BCUT2D eigenvalue weighted by atomic mass is 10.0. The molecule has 0 aromatic heterocycles. The molecule has 0 radical (unpaired) electrons. The number of benzene rings is 3. The van der Waals surface area contributed by atoms with Crippen LogP contribution >= 0.6 is 0 Å². The maximum atomic E-state index is 12.5. The molecule has 0 atom stereocenters. The van der Waals surface area contributed by atoms with Crippen molar-refractivity contribution in [2.45, 2.75) is 19.8 Å². The molecule has 2 amide bonds. The van der Waals surface area contributed by atoms with E-state index in [1.165, 1.54) is 11.6 Å². The maximum absolute atomic E-state index is 12.5. The van der Waals surface area contributed by atoms with E-state index < -0.39 is 18.5 Å². The zero-order valence-electron chi connectivity index (χ0n) is 17.4. The Morgan fingerprint density at radius 2 is 1.45 bits per heavy atom. The maximum Gasteiger partial charge on any atom is 0.340 e. The van der Waals surface area contributed by atoms with Crippen LogP contribution in [0.1, 0.15) is 46.0 Å². The minimum Gasteiger partial charge on any atom is -0.452 e. The van der Waals surface area contributed by atoms with Crippen molar-refractivity contribution in [3.63, 3.8) is 0 Å². The molecule has 3 aromatic rings. The van der Waals surface area contributed by atoms with Crippen LogP contribution in [0.2, 0.25) is 0 Å². The third kappa shape index (κ3) is 6.02. The number of para-hydroxylation sites is 1. The number of hydrogen-bond acceptors (Lipinski definition) is 4. The molecule has 158 valence electrons. The van der Waals surface area contributed by atoms with Gasteiger partial charge in [0.2, 0.25) is 0 Å². The molecule has 0 bridgehead atoms. The van der Waals surface area contributed by atoms with Gasteiger partial charge in [0.05, 0.1) is 11.3 Å². The van der Waals surface area contributed by atoms with Crippen molar-refractivity contribution in [1.82, 2.24) is 0 Å². The number of hydrogen-bond donors (Lipinski definition) is 2. The zero-order valence-corrected chi connectivity index (χ0v) is 17.4. The zero-order chi connectivity index (χ0) is 22.2. The second kappa shape index (κ2) is 10.2. The number of ether oxygens (including phenoxy) is 1. The lowest BCUT2D eigenvalue weighted by Gasteiger charge is -2.11. The molecular weight excluding hydrogens is 392 g/mol. The smallest absolute Gasteiger partial charge is 0.340 e. The lowest BCUT2D eigenvalue weighted by molar-refractivity contribution is -0.119. The second-order valence-electron chi connectivity index (χ2n) is 7.27. The van der Waals surface area contributed by atoms with Crippen LogP contribution in [0.3, 0.4) is 0 Å². The van der Waals surface area contributed by atoms with Gasteiger partial charge in [-0.3, -0.25) is 9.59 Å². The predicted molar refractivity (Wildman–Crippen MR) is 120 cm³/mol. The van der Waals surface area contributed by atoms with Crippen LogP contribution in [0.25, 0.3) is 0 Å². The highest BCUT2D eigenvalue weighted by Gasteiger charge is 2.16. The summed E-state index contributed by atoms with van der Waals surface area (Å²) in [4.78, 5) is 37.1. The fourth-order valence-corrected chi connectivity index (χ4v) is 2.91. The van der Waals surface area contributed by atoms with Crippen molar-refractivity contribution in [2.24, 2.45) is 0 Å². The Bertz CT molecular complexity index is 1060. The van der Waals surface area contributed by atoms with Crippen LogP contribution in [0, 0.1) is 0 Å². The number of esters is 1. The average molecular weight is 416 g/mol. The molecule has 6 nitrogen and oxygen atoms in total. The van der Waals surface area contributed by atoms with Gasteiger partial charge in [0.15, 0.2) is 6.61 Å². The van der Waals surface area contributed by atoms with E-state index in [1.54, 1.807) is 42.5 Å². The molecule has 0 heterocycles. The number of anilines is 2. The lowest BCUT2D eigenvalue weighted by Crippen LogP contribution is -2.22. The summed E-state index contributed by atoms with van der Waals surface area (Å²) < 4.78 is 5.15. The van der Waals surface area contributed by atoms with Crippen molar-refractivity contribution >= 4 is 29.2 Å². The summed E-state index contributed by atoms with van der Waals surface area (Å²) in [5.74, 6) is -1.10. The fraction of sp³-hybridized carbons (Fsp3) is 0.160. The normalized spacial score (nSPS) is 10.4. The summed E-state index contributed by atoms with van der Waals surface area (Å²) in [6, 6.07) is 22.7. The molecule has 0 aliphatic carbocycles. The van der Waals surface area contributed by atoms with E-state index >= 15 is 0 Å². The first-order chi connectivity index (χ1) is 14.9. The highest BCUT2D eigenvalue weighted by atomic mass is 16.5. The summed E-state index contributed by atoms with van der Waals surface area (Å²) in [6.07, 6.45) is 0. The van der Waals surface area contributed by atoms with Gasteiger partial charge < -0.3 is 15.4 Å². The van der Waals surface area contributed by atoms with Crippen molar-refractivity contribution in [1.29, 1.82) is 0 Å². The Hall–Kier alpha value is -3.93. The largest absolute Gasteiger partial charge is 0.452 e. The minimum atomic E-state index is -0.700. The molecule has 0 aliphatic heterocycles. The first-order valence-electron chi connectivity index (χ1n) is 9.96. The monoisotopic (exact) mass is 416 g/mol. The summed E-state index contributed by atoms with van der Waals surface area (Å²) >= 11 is 0. The molecule has 3 aromatic carbocycles. The number of carbonyl (C=O) groups is 3. The van der Waals surface area contributed by atoms with Crippen LogP contribution in [0.4, 0.5) is 11.4 Å². The van der Waals surface area contributed by atoms with Gasteiger partial charge in [-0.25, -0.2) is 4.79 Å². The van der Waals surface area contributed by atoms with Gasteiger partial charge in [-0.2, -0.15) is 0 Å². The summed E-state index contributed by atoms with van der Waals surface area (Å²) in [6.45, 7) is 3.74. The highest BCUT2D eigenvalue weighted by Crippen LogP contribution is 2.19. The van der Waals surface area contributed by atoms with Gasteiger partial charge in [-0.15, -0.1) is 0 Å². The van der Waals surface area contributed by atoms with E-state index in [-0.39, 0.29) is 11.5 Å². The van der Waals surface area contributed by atoms with E-state index in [1.807, 2.05) is 30.3 Å². The topological polar surface area (TPSA) is 84.5 Å². The van der Waals surface area contributed by atoms with Gasteiger partial charge in [-0.05, 0) is 47.9 Å². The molecule has 3 rings (SSSR count). The molecule has 0 unspecified atom stereocenters. The molecule has 0 saturated carbocycles. The molecule has 0 spiro atoms. The Morgan fingerprint density at radius 1 is 0.806 bits per heavy atom. The molecule has 0 fully saturated rings. The quantitative estimate of drug-likeness (QED) is 0.539. The van der Waals surface area contributed by atoms with Gasteiger partial charge in [0, 0.05) is 11.3 Å². The van der Waals surface area contributed by atoms with Crippen LogP contribution in [-0.4, -0.2) is 24.4 Å². The minimum absolute atomic E-state index is 0.167. The Labute approximate surface area is 181 Å². The van der Waals surface area contributed by atoms with E-state index in [0.717, 1.165) is 0 Å². The van der Waals surface area contributed by atoms with Gasteiger partial charge in [0.25, 0.3) is 11.8 Å². The van der Waals surface area contributed by atoms with Crippen LogP contribution < -0.4 is 10.6 Å². The summed E-state index contributed by atoms with van der Waals surface area (Å²) in [5.41, 5.74) is 2.74. The van der Waals surface area contributed by atoms with Crippen molar-refractivity contribution in [3.8, 4) is 0 Å². The first kappa shape index (κ1) is 21.8. The number of rotatable bonds is 7. The first-order valence-corrected chi connectivity index (χ1v) is 9.96. The molecule has 6 heteroatoms. The molecule has 2 N–H and O–H groups in total. The Kier molecular flexibility index (Phi) is 7.17. The van der Waals surface area contributed by atoms with Crippen LogP contribution in [0.5, 0.6) is 0 Å². The van der Waals surface area contributed by atoms with Gasteiger partial charge in [0.1, 0.15) is 0 Å². The third-order valence-corrected chi connectivity index (χ3v) is 4.63. The third-order valence-electron chi connectivity index (χ3n) is 4.63. The SMILES string of the molecule is CC(C)c1ccc(NC(=O)COC(=O)c2ccccc2NC(=O)c2ccccc2)cc1. The standard InChI is InChI=1S/C25H24N2O4/c1-17(2)18-12-14-20(15-13-18)26-23(28)16-31-25(30)21-10-6-7-11-22(21)27-24(29)19-8-4-3-5-9-19/h3-15,17H,16H2,1-2H3,(H,26,28)(H,27,29). The number of amides is 2. The van der Waals surface area contributed by atoms with Gasteiger partial charge >= 0.3 is 5.97 Å². The number of nitrogens with one attached hydrogen (secondary N) is 2. The Balaban J connectivity index is 1.59. The molecule has 0 aliphatic rings. The fourth-order valence-electron chi connectivity index (χ4n) is 2.91. The van der Waals surface area contributed by atoms with Crippen LogP contribution in [0.15, 0.2) is 78.9 Å². The van der Waals surface area contributed by atoms with E-state index in [9.17, 15) is 14.4 Å². The van der Waals surface area contributed by atoms with E-state index in [2.05, 4.69) is 24.5 Å². The molecular formula is C25H24N2O4. The van der Waals surface area contributed by atoms with Gasteiger partial charge in [-0.1, -0.05) is 56.3 Å². The summed E-state index contributed by atoms with van der Waals surface area (Å²) in [5, 5.41) is 5.41. The van der Waals surface area contributed by atoms with E-state index in [4.69, 9.17) is 4.74 Å². The second-order valence-corrected chi connectivity index (χ2v) is 7.27. The average Bonchev–Trinajstić information content (AvgIpc) is 2.78. The van der Waals surface area contributed by atoms with E-state index in [0.29, 0.717) is 22.9 Å². The van der Waals surface area contributed by atoms with Crippen molar-refractivity contribution in [3.05, 3.63) is 95.6 Å². The van der Waals surface area contributed by atoms with Crippen molar-refractivity contribution < 1.29 is 19.1 Å². The van der Waals surface area contributed by atoms with Crippen LogP contribution in [-0.2, 0) is 9.53 Å². The van der Waals surface area contributed by atoms with Crippen molar-refractivity contribution in [2.75, 3.05) is 17.2 Å². The summed E-state index contributed by atoms with van der Waals surface area (Å²) in [7, 11) is 0.